The first-order valence-corrected chi connectivity index (χ1v) is 7.31. The van der Waals surface area contributed by atoms with E-state index in [0.717, 1.165) is 0 Å². The van der Waals surface area contributed by atoms with Crippen LogP contribution in [0.3, 0.4) is 0 Å². The lowest BCUT2D eigenvalue weighted by molar-refractivity contribution is -0.150. The summed E-state index contributed by atoms with van der Waals surface area (Å²) in [6, 6.07) is 8.69. The number of hydrogen-bond donors (Lipinski definition) is 2. The Morgan fingerprint density at radius 1 is 1.41 bits per heavy atom. The van der Waals surface area contributed by atoms with Crippen LogP contribution in [0.25, 0.3) is 0 Å². The molecule has 0 aliphatic carbocycles. The van der Waals surface area contributed by atoms with Crippen LogP contribution in [0.4, 0.5) is 0 Å². The molecule has 0 aliphatic heterocycles. The average molecular weight is 305 g/mol. The number of aliphatic carboxylic acids is 1. The van der Waals surface area contributed by atoms with Crippen LogP contribution >= 0.6 is 0 Å². The first-order valence-electron chi connectivity index (χ1n) is 7.31. The molecule has 0 aromatic heterocycles. The van der Waals surface area contributed by atoms with E-state index in [-0.39, 0.29) is 6.42 Å². The minimum atomic E-state index is -1.45. The fourth-order valence-electron chi connectivity index (χ4n) is 2.13. The standard InChI is InChI=1S/C17H23NO4/c1-4-6-12-22-13(3)15(19)18-17(5-2,16(20)21)14-10-8-7-9-11-14/h4,7-11,13H,1,5-6,12H2,2-3H3,(H,18,19)(H,20,21). The predicted molar refractivity (Wildman–Crippen MR) is 84.4 cm³/mol. The molecular weight excluding hydrogens is 282 g/mol. The molecule has 5 heteroatoms. The number of rotatable bonds is 9. The Bertz CT molecular complexity index is 515. The van der Waals surface area contributed by atoms with Crippen molar-refractivity contribution in [2.45, 2.75) is 38.3 Å². The summed E-state index contributed by atoms with van der Waals surface area (Å²) in [7, 11) is 0. The molecule has 1 aromatic rings. The lowest BCUT2D eigenvalue weighted by atomic mass is 9.87. The Labute approximate surface area is 131 Å². The summed E-state index contributed by atoms with van der Waals surface area (Å²) in [5.74, 6) is -1.54. The molecule has 120 valence electrons. The Hall–Kier alpha value is -2.14. The molecule has 1 rings (SSSR count). The van der Waals surface area contributed by atoms with Gasteiger partial charge in [0.15, 0.2) is 5.54 Å². The molecule has 1 aromatic carbocycles. The monoisotopic (exact) mass is 305 g/mol. The molecule has 0 bridgehead atoms. The van der Waals surface area contributed by atoms with Gasteiger partial charge in [0.2, 0.25) is 5.91 Å². The molecule has 0 aliphatic rings. The first kappa shape index (κ1) is 17.9. The van der Waals surface area contributed by atoms with E-state index in [0.29, 0.717) is 18.6 Å². The maximum absolute atomic E-state index is 12.3. The fraction of sp³-hybridized carbons (Fsp3) is 0.412. The molecule has 0 saturated carbocycles. The zero-order valence-electron chi connectivity index (χ0n) is 13.0. The highest BCUT2D eigenvalue weighted by Gasteiger charge is 2.41. The molecule has 0 heterocycles. The second kappa shape index (κ2) is 8.34. The predicted octanol–water partition coefficient (Wildman–Crippen LogP) is 2.47. The van der Waals surface area contributed by atoms with Gasteiger partial charge in [-0.25, -0.2) is 4.79 Å². The molecule has 2 unspecified atom stereocenters. The van der Waals surface area contributed by atoms with Crippen molar-refractivity contribution in [1.82, 2.24) is 5.32 Å². The van der Waals surface area contributed by atoms with Crippen molar-refractivity contribution in [2.75, 3.05) is 6.61 Å². The zero-order chi connectivity index (χ0) is 16.6. The lowest BCUT2D eigenvalue weighted by Gasteiger charge is -2.31. The van der Waals surface area contributed by atoms with E-state index in [1.165, 1.54) is 0 Å². The van der Waals surface area contributed by atoms with Crippen LogP contribution in [0.1, 0.15) is 32.3 Å². The highest BCUT2D eigenvalue weighted by molar-refractivity contribution is 5.89. The largest absolute Gasteiger partial charge is 0.479 e. The van der Waals surface area contributed by atoms with Crippen molar-refractivity contribution >= 4 is 11.9 Å². The number of hydrogen-bond acceptors (Lipinski definition) is 3. The third-order valence-electron chi connectivity index (χ3n) is 3.56. The third kappa shape index (κ3) is 4.18. The molecular formula is C17H23NO4. The second-order valence-corrected chi connectivity index (χ2v) is 5.01. The molecule has 1 amide bonds. The van der Waals surface area contributed by atoms with Gasteiger partial charge in [-0.3, -0.25) is 4.79 Å². The normalized spacial score (nSPS) is 14.6. The Balaban J connectivity index is 2.93. The molecule has 0 radical (unpaired) electrons. The van der Waals surface area contributed by atoms with Crippen molar-refractivity contribution in [2.24, 2.45) is 0 Å². The van der Waals surface area contributed by atoms with E-state index in [9.17, 15) is 14.7 Å². The van der Waals surface area contributed by atoms with Crippen molar-refractivity contribution in [3.63, 3.8) is 0 Å². The van der Waals surface area contributed by atoms with Crippen molar-refractivity contribution in [3.05, 3.63) is 48.6 Å². The average Bonchev–Trinajstić information content (AvgIpc) is 2.53. The van der Waals surface area contributed by atoms with Gasteiger partial charge in [-0.1, -0.05) is 43.3 Å². The van der Waals surface area contributed by atoms with Gasteiger partial charge in [0.1, 0.15) is 6.10 Å². The quantitative estimate of drug-likeness (QED) is 0.543. The summed E-state index contributed by atoms with van der Waals surface area (Å²) in [4.78, 5) is 24.1. The van der Waals surface area contributed by atoms with Crippen LogP contribution in [-0.4, -0.2) is 29.7 Å². The Morgan fingerprint density at radius 3 is 2.55 bits per heavy atom. The van der Waals surface area contributed by atoms with Gasteiger partial charge in [0, 0.05) is 0 Å². The van der Waals surface area contributed by atoms with Crippen LogP contribution in [0.5, 0.6) is 0 Å². The van der Waals surface area contributed by atoms with Crippen LogP contribution in [0, 0.1) is 0 Å². The highest BCUT2D eigenvalue weighted by atomic mass is 16.5. The molecule has 0 saturated heterocycles. The van der Waals surface area contributed by atoms with Gasteiger partial charge >= 0.3 is 5.97 Å². The number of nitrogens with one attached hydrogen (secondary N) is 1. The zero-order valence-corrected chi connectivity index (χ0v) is 13.0. The first-order chi connectivity index (χ1) is 10.5. The van der Waals surface area contributed by atoms with E-state index in [4.69, 9.17) is 4.74 Å². The summed E-state index contributed by atoms with van der Waals surface area (Å²) in [6.45, 7) is 7.28. The smallest absolute Gasteiger partial charge is 0.334 e. The number of carboxylic acids is 1. The highest BCUT2D eigenvalue weighted by Crippen LogP contribution is 2.25. The minimum Gasteiger partial charge on any atom is -0.479 e. The Kier molecular flexibility index (Phi) is 6.79. The summed E-state index contributed by atoms with van der Waals surface area (Å²) >= 11 is 0. The molecule has 22 heavy (non-hydrogen) atoms. The third-order valence-corrected chi connectivity index (χ3v) is 3.56. The van der Waals surface area contributed by atoms with Gasteiger partial charge in [-0.15, -0.1) is 6.58 Å². The van der Waals surface area contributed by atoms with Gasteiger partial charge < -0.3 is 15.2 Å². The maximum atomic E-state index is 12.3. The number of carboxylic acid groups (broad SMARTS) is 1. The summed E-state index contributed by atoms with van der Waals surface area (Å²) in [5, 5.41) is 12.3. The number of carbonyl (C=O) groups excluding carboxylic acids is 1. The van der Waals surface area contributed by atoms with E-state index in [1.54, 1.807) is 50.3 Å². The van der Waals surface area contributed by atoms with Gasteiger partial charge in [-0.2, -0.15) is 0 Å². The maximum Gasteiger partial charge on any atom is 0.334 e. The number of amides is 1. The van der Waals surface area contributed by atoms with Crippen LogP contribution in [-0.2, 0) is 19.9 Å². The molecule has 2 atom stereocenters. The minimum absolute atomic E-state index is 0.234. The number of benzene rings is 1. The Morgan fingerprint density at radius 2 is 2.05 bits per heavy atom. The van der Waals surface area contributed by atoms with Crippen LogP contribution in [0.15, 0.2) is 43.0 Å². The van der Waals surface area contributed by atoms with E-state index >= 15 is 0 Å². The molecule has 0 fully saturated rings. The van der Waals surface area contributed by atoms with E-state index < -0.39 is 23.5 Å². The van der Waals surface area contributed by atoms with E-state index in [2.05, 4.69) is 11.9 Å². The fourth-order valence-corrected chi connectivity index (χ4v) is 2.13. The lowest BCUT2D eigenvalue weighted by Crippen LogP contribution is -2.54. The van der Waals surface area contributed by atoms with Gasteiger partial charge in [0.05, 0.1) is 6.61 Å². The van der Waals surface area contributed by atoms with E-state index in [1.807, 2.05) is 0 Å². The number of carbonyl (C=O) groups is 2. The summed E-state index contributed by atoms with van der Waals surface area (Å²) in [6.07, 6.45) is 1.84. The summed E-state index contributed by atoms with van der Waals surface area (Å²) in [5.41, 5.74) is -0.911. The van der Waals surface area contributed by atoms with Gasteiger partial charge in [-0.05, 0) is 25.3 Å². The molecule has 0 spiro atoms. The molecule has 2 N–H and O–H groups in total. The molecule has 5 nitrogen and oxygen atoms in total. The summed E-state index contributed by atoms with van der Waals surface area (Å²) < 4.78 is 5.37. The van der Waals surface area contributed by atoms with Crippen LogP contribution < -0.4 is 5.32 Å². The van der Waals surface area contributed by atoms with Crippen molar-refractivity contribution < 1.29 is 19.4 Å². The topological polar surface area (TPSA) is 75.6 Å². The van der Waals surface area contributed by atoms with Crippen molar-refractivity contribution in [1.29, 1.82) is 0 Å². The number of ether oxygens (including phenoxy) is 1. The van der Waals surface area contributed by atoms with Crippen molar-refractivity contribution in [3.8, 4) is 0 Å². The second-order valence-electron chi connectivity index (χ2n) is 5.01. The SMILES string of the molecule is C=CCCOC(C)C(=O)NC(CC)(C(=O)O)c1ccccc1. The van der Waals surface area contributed by atoms with Crippen LogP contribution in [0.2, 0.25) is 0 Å². The van der Waals surface area contributed by atoms with Gasteiger partial charge in [0.25, 0.3) is 0 Å².